The smallest absolute Gasteiger partial charge is 0.252 e. The van der Waals surface area contributed by atoms with Crippen LogP contribution in [0.2, 0.25) is 0 Å². The molecule has 1 atom stereocenters. The average Bonchev–Trinajstić information content (AvgIpc) is 3.08. The lowest BCUT2D eigenvalue weighted by Crippen LogP contribution is -2.48. The molecule has 1 aliphatic rings. The molecule has 2 aromatic rings. The molecule has 1 aliphatic carbocycles. The molecule has 0 bridgehead atoms. The van der Waals surface area contributed by atoms with Crippen molar-refractivity contribution in [3.05, 3.63) is 57.8 Å². The summed E-state index contributed by atoms with van der Waals surface area (Å²) in [5, 5.41) is 3.01. The summed E-state index contributed by atoms with van der Waals surface area (Å²) in [6.07, 6.45) is 2.04. The molecule has 21 heavy (non-hydrogen) atoms. The van der Waals surface area contributed by atoms with E-state index in [0.717, 1.165) is 16.2 Å². The third kappa shape index (κ3) is 2.51. The summed E-state index contributed by atoms with van der Waals surface area (Å²) in [5.74, 6) is -0.0643. The third-order valence-corrected chi connectivity index (χ3v) is 5.12. The summed E-state index contributed by atoms with van der Waals surface area (Å²) in [6, 6.07) is 13.0. The molecule has 0 aliphatic heterocycles. The van der Waals surface area contributed by atoms with E-state index in [1.54, 1.807) is 23.5 Å². The molecular weight excluding hydrogens is 282 g/mol. The Morgan fingerprint density at radius 1 is 1.19 bits per heavy atom. The molecule has 3 rings (SSSR count). The number of aryl methyl sites for hydroxylation is 1. The highest BCUT2D eigenvalue weighted by molar-refractivity contribution is 7.12. The van der Waals surface area contributed by atoms with Crippen LogP contribution in [0, 0.1) is 6.92 Å². The standard InChI is InChI=1S/C17H17NO2S/c1-12-9-10-15(21-12)17(11-5-8-14(17)19)18-16(20)13-6-3-2-4-7-13/h2-4,6-7,9-10H,5,8,11H2,1H3,(H,18,20). The lowest BCUT2D eigenvalue weighted by molar-refractivity contribution is -0.122. The Balaban J connectivity index is 1.94. The number of thiophene rings is 1. The van der Waals surface area contributed by atoms with Crippen LogP contribution in [0.5, 0.6) is 0 Å². The van der Waals surface area contributed by atoms with E-state index in [2.05, 4.69) is 5.32 Å². The second kappa shape index (κ2) is 5.45. The number of carbonyl (C=O) groups excluding carboxylic acids is 2. The summed E-state index contributed by atoms with van der Waals surface area (Å²) in [4.78, 5) is 27.0. The van der Waals surface area contributed by atoms with E-state index in [-0.39, 0.29) is 11.7 Å². The molecule has 3 nitrogen and oxygen atoms in total. The Hall–Kier alpha value is -1.94. The fourth-order valence-corrected chi connectivity index (χ4v) is 3.90. The van der Waals surface area contributed by atoms with Gasteiger partial charge in [0, 0.05) is 21.7 Å². The van der Waals surface area contributed by atoms with E-state index in [0.29, 0.717) is 18.4 Å². The van der Waals surface area contributed by atoms with E-state index in [1.807, 2.05) is 37.3 Å². The van der Waals surface area contributed by atoms with Crippen molar-refractivity contribution < 1.29 is 9.59 Å². The van der Waals surface area contributed by atoms with E-state index in [4.69, 9.17) is 0 Å². The second-order valence-electron chi connectivity index (χ2n) is 5.41. The Kier molecular flexibility index (Phi) is 3.64. The lowest BCUT2D eigenvalue weighted by atomic mass is 9.93. The van der Waals surface area contributed by atoms with Crippen molar-refractivity contribution in [2.75, 3.05) is 0 Å². The number of ketones is 1. The Labute approximate surface area is 128 Å². The Morgan fingerprint density at radius 2 is 1.95 bits per heavy atom. The molecular formula is C17H17NO2S. The summed E-state index contributed by atoms with van der Waals surface area (Å²) < 4.78 is 0. The fraction of sp³-hybridized carbons (Fsp3) is 0.294. The maximum atomic E-state index is 12.5. The summed E-state index contributed by atoms with van der Waals surface area (Å²) in [5.41, 5.74) is -0.240. The minimum absolute atomic E-state index is 0.119. The molecule has 1 saturated carbocycles. The van der Waals surface area contributed by atoms with Crippen molar-refractivity contribution in [2.24, 2.45) is 0 Å². The van der Waals surface area contributed by atoms with Crippen molar-refractivity contribution in [1.82, 2.24) is 5.32 Å². The van der Waals surface area contributed by atoms with Crippen molar-refractivity contribution in [3.8, 4) is 0 Å². The monoisotopic (exact) mass is 299 g/mol. The van der Waals surface area contributed by atoms with E-state index in [9.17, 15) is 9.59 Å². The first-order chi connectivity index (χ1) is 10.1. The Bertz CT molecular complexity index is 677. The molecule has 1 aromatic heterocycles. The van der Waals surface area contributed by atoms with Gasteiger partial charge in [0.05, 0.1) is 0 Å². The SMILES string of the molecule is Cc1ccc(C2(NC(=O)c3ccccc3)CCCC2=O)s1. The fourth-order valence-electron chi connectivity index (χ4n) is 2.84. The van der Waals surface area contributed by atoms with Gasteiger partial charge in [-0.1, -0.05) is 18.2 Å². The zero-order valence-electron chi connectivity index (χ0n) is 11.9. The van der Waals surface area contributed by atoms with Crippen LogP contribution in [0.4, 0.5) is 0 Å². The van der Waals surface area contributed by atoms with Gasteiger partial charge in [0.2, 0.25) is 0 Å². The van der Waals surface area contributed by atoms with Gasteiger partial charge in [0.1, 0.15) is 5.54 Å². The molecule has 0 radical (unpaired) electrons. The quantitative estimate of drug-likeness (QED) is 0.943. The summed E-state index contributed by atoms with van der Waals surface area (Å²) >= 11 is 1.59. The predicted molar refractivity (Wildman–Crippen MR) is 83.5 cm³/mol. The predicted octanol–water partition coefficient (Wildman–Crippen LogP) is 3.43. The van der Waals surface area contributed by atoms with Crippen LogP contribution in [-0.2, 0) is 10.3 Å². The number of hydrogen-bond donors (Lipinski definition) is 1. The molecule has 1 unspecified atom stereocenters. The van der Waals surface area contributed by atoms with Crippen LogP contribution in [0.15, 0.2) is 42.5 Å². The first kappa shape index (κ1) is 14.0. The minimum Gasteiger partial charge on any atom is -0.335 e. The van der Waals surface area contributed by atoms with Crippen LogP contribution in [0.25, 0.3) is 0 Å². The normalized spacial score (nSPS) is 21.5. The number of amides is 1. The van der Waals surface area contributed by atoms with Gasteiger partial charge in [0.25, 0.3) is 5.91 Å². The lowest BCUT2D eigenvalue weighted by Gasteiger charge is -2.27. The molecule has 1 heterocycles. The molecule has 4 heteroatoms. The first-order valence-corrected chi connectivity index (χ1v) is 7.91. The Morgan fingerprint density at radius 3 is 2.52 bits per heavy atom. The molecule has 1 N–H and O–H groups in total. The molecule has 0 spiro atoms. The zero-order valence-corrected chi connectivity index (χ0v) is 12.7. The van der Waals surface area contributed by atoms with Gasteiger partial charge in [-0.2, -0.15) is 0 Å². The minimum atomic E-state index is -0.828. The zero-order chi connectivity index (χ0) is 14.9. The molecule has 1 fully saturated rings. The van der Waals surface area contributed by atoms with Gasteiger partial charge in [-0.25, -0.2) is 0 Å². The van der Waals surface area contributed by atoms with Crippen molar-refractivity contribution in [3.63, 3.8) is 0 Å². The van der Waals surface area contributed by atoms with Gasteiger partial charge < -0.3 is 5.32 Å². The van der Waals surface area contributed by atoms with E-state index < -0.39 is 5.54 Å². The highest BCUT2D eigenvalue weighted by Crippen LogP contribution is 2.39. The van der Waals surface area contributed by atoms with E-state index >= 15 is 0 Å². The van der Waals surface area contributed by atoms with Crippen molar-refractivity contribution >= 4 is 23.0 Å². The maximum Gasteiger partial charge on any atom is 0.252 e. The topological polar surface area (TPSA) is 46.2 Å². The van der Waals surface area contributed by atoms with Gasteiger partial charge in [-0.05, 0) is 44.0 Å². The van der Waals surface area contributed by atoms with Crippen molar-refractivity contribution in [2.45, 2.75) is 31.7 Å². The molecule has 108 valence electrons. The van der Waals surface area contributed by atoms with Crippen molar-refractivity contribution in [1.29, 1.82) is 0 Å². The van der Waals surface area contributed by atoms with Crippen LogP contribution >= 0.6 is 11.3 Å². The highest BCUT2D eigenvalue weighted by Gasteiger charge is 2.45. The van der Waals surface area contributed by atoms with Crippen LogP contribution in [0.1, 0.15) is 39.4 Å². The number of rotatable bonds is 3. The summed E-state index contributed by atoms with van der Waals surface area (Å²) in [6.45, 7) is 2.01. The number of carbonyl (C=O) groups is 2. The maximum absolute atomic E-state index is 12.5. The average molecular weight is 299 g/mol. The first-order valence-electron chi connectivity index (χ1n) is 7.09. The van der Waals surface area contributed by atoms with Gasteiger partial charge in [0.15, 0.2) is 5.78 Å². The highest BCUT2D eigenvalue weighted by atomic mass is 32.1. The van der Waals surface area contributed by atoms with Gasteiger partial charge >= 0.3 is 0 Å². The largest absolute Gasteiger partial charge is 0.335 e. The summed E-state index contributed by atoms with van der Waals surface area (Å²) in [7, 11) is 0. The van der Waals surface area contributed by atoms with Gasteiger partial charge in [-0.3, -0.25) is 9.59 Å². The molecule has 1 aromatic carbocycles. The number of benzene rings is 1. The van der Waals surface area contributed by atoms with Crippen LogP contribution < -0.4 is 5.32 Å². The van der Waals surface area contributed by atoms with Crippen LogP contribution in [-0.4, -0.2) is 11.7 Å². The number of Topliss-reactive ketones (excluding diaryl/α,β-unsaturated/α-hetero) is 1. The number of nitrogens with one attached hydrogen (secondary N) is 1. The second-order valence-corrected chi connectivity index (χ2v) is 6.70. The molecule has 1 amide bonds. The third-order valence-electron chi connectivity index (χ3n) is 3.96. The van der Waals surface area contributed by atoms with Crippen LogP contribution in [0.3, 0.4) is 0 Å². The molecule has 0 saturated heterocycles. The van der Waals surface area contributed by atoms with Gasteiger partial charge in [-0.15, -0.1) is 11.3 Å². The number of hydrogen-bond acceptors (Lipinski definition) is 3. The van der Waals surface area contributed by atoms with E-state index in [1.165, 1.54) is 0 Å².